The van der Waals surface area contributed by atoms with E-state index in [9.17, 15) is 18.4 Å². The summed E-state index contributed by atoms with van der Waals surface area (Å²) in [5.74, 6) is -3.38. The van der Waals surface area contributed by atoms with Crippen LogP contribution in [0.25, 0.3) is 11.0 Å². The first kappa shape index (κ1) is 17.9. The van der Waals surface area contributed by atoms with Crippen molar-refractivity contribution in [2.24, 2.45) is 0 Å². The molecule has 0 bridgehead atoms. The maximum atomic E-state index is 13.5. The molecule has 2 aromatic carbocycles. The summed E-state index contributed by atoms with van der Waals surface area (Å²) in [6.07, 6.45) is 0. The van der Waals surface area contributed by atoms with Gasteiger partial charge in [0, 0.05) is 22.0 Å². The molecule has 0 aliphatic carbocycles. The molecule has 1 N–H and O–H groups in total. The molecule has 0 aliphatic rings. The highest BCUT2D eigenvalue weighted by molar-refractivity contribution is 6.31. The third-order valence-corrected chi connectivity index (χ3v) is 3.86. The van der Waals surface area contributed by atoms with E-state index in [-0.39, 0.29) is 11.4 Å². The SMILES string of the molecule is Cc1c(C(=O)OCC(=O)Nc2ccc(F)cc2F)oc2ccc(Cl)cc12. The average Bonchev–Trinajstić information content (AvgIpc) is 2.92. The summed E-state index contributed by atoms with van der Waals surface area (Å²) in [5, 5.41) is 3.33. The highest BCUT2D eigenvalue weighted by Crippen LogP contribution is 2.28. The molecule has 134 valence electrons. The number of hydrogen-bond donors (Lipinski definition) is 1. The first-order valence-corrected chi connectivity index (χ1v) is 7.83. The first-order valence-electron chi connectivity index (χ1n) is 7.46. The van der Waals surface area contributed by atoms with E-state index in [1.165, 1.54) is 0 Å². The Hall–Kier alpha value is -2.93. The maximum Gasteiger partial charge on any atom is 0.375 e. The Morgan fingerprint density at radius 1 is 1.19 bits per heavy atom. The summed E-state index contributed by atoms with van der Waals surface area (Å²) in [7, 11) is 0. The molecular weight excluding hydrogens is 368 g/mol. The Labute approximate surface area is 151 Å². The molecule has 0 saturated carbocycles. The predicted octanol–water partition coefficient (Wildman–Crippen LogP) is 4.47. The summed E-state index contributed by atoms with van der Waals surface area (Å²) in [6.45, 7) is 1.000. The van der Waals surface area contributed by atoms with E-state index < -0.39 is 30.1 Å². The van der Waals surface area contributed by atoms with Crippen LogP contribution in [0, 0.1) is 18.6 Å². The molecule has 0 atom stereocenters. The number of esters is 1. The zero-order chi connectivity index (χ0) is 18.8. The highest BCUT2D eigenvalue weighted by atomic mass is 35.5. The number of carbonyl (C=O) groups excluding carboxylic acids is 2. The number of amides is 1. The monoisotopic (exact) mass is 379 g/mol. The lowest BCUT2D eigenvalue weighted by molar-refractivity contribution is -0.119. The zero-order valence-electron chi connectivity index (χ0n) is 13.4. The van der Waals surface area contributed by atoms with Crippen LogP contribution in [0.15, 0.2) is 40.8 Å². The number of anilines is 1. The number of hydrogen-bond acceptors (Lipinski definition) is 4. The smallest absolute Gasteiger partial charge is 0.375 e. The molecule has 1 aromatic heterocycles. The van der Waals surface area contributed by atoms with Crippen LogP contribution < -0.4 is 5.32 Å². The molecule has 26 heavy (non-hydrogen) atoms. The quantitative estimate of drug-likeness (QED) is 0.679. The van der Waals surface area contributed by atoms with Crippen LogP contribution in [0.4, 0.5) is 14.5 Å². The van der Waals surface area contributed by atoms with E-state index in [0.717, 1.165) is 12.1 Å². The summed E-state index contributed by atoms with van der Waals surface area (Å²) in [6, 6.07) is 7.57. The van der Waals surface area contributed by atoms with Crippen LogP contribution in [0.2, 0.25) is 5.02 Å². The standard InChI is InChI=1S/C18H12ClF2NO4/c1-9-12-6-10(19)2-5-15(12)26-17(9)18(24)25-8-16(23)22-14-4-3-11(20)7-13(14)21/h2-7H,8H2,1H3,(H,22,23). The van der Waals surface area contributed by atoms with Gasteiger partial charge in [-0.15, -0.1) is 0 Å². The number of carbonyl (C=O) groups is 2. The first-order chi connectivity index (χ1) is 12.3. The van der Waals surface area contributed by atoms with Gasteiger partial charge in [-0.25, -0.2) is 13.6 Å². The molecule has 0 radical (unpaired) electrons. The van der Waals surface area contributed by atoms with Crippen molar-refractivity contribution < 1.29 is 27.5 Å². The lowest BCUT2D eigenvalue weighted by atomic mass is 10.1. The van der Waals surface area contributed by atoms with Crippen LogP contribution in [-0.2, 0) is 9.53 Å². The molecule has 0 aliphatic heterocycles. The fraction of sp³-hybridized carbons (Fsp3) is 0.111. The van der Waals surface area contributed by atoms with Gasteiger partial charge in [0.1, 0.15) is 17.2 Å². The van der Waals surface area contributed by atoms with Gasteiger partial charge in [0.25, 0.3) is 5.91 Å². The van der Waals surface area contributed by atoms with Crippen molar-refractivity contribution in [2.75, 3.05) is 11.9 Å². The van der Waals surface area contributed by atoms with Crippen molar-refractivity contribution in [1.82, 2.24) is 0 Å². The van der Waals surface area contributed by atoms with Crippen molar-refractivity contribution in [3.8, 4) is 0 Å². The van der Waals surface area contributed by atoms with E-state index >= 15 is 0 Å². The van der Waals surface area contributed by atoms with Crippen LogP contribution in [0.3, 0.4) is 0 Å². The molecule has 1 amide bonds. The van der Waals surface area contributed by atoms with Crippen LogP contribution >= 0.6 is 11.6 Å². The van der Waals surface area contributed by atoms with Crippen molar-refractivity contribution in [1.29, 1.82) is 0 Å². The highest BCUT2D eigenvalue weighted by Gasteiger charge is 2.20. The topological polar surface area (TPSA) is 68.5 Å². The van der Waals surface area contributed by atoms with Gasteiger partial charge in [-0.05, 0) is 37.3 Å². The molecule has 0 spiro atoms. The minimum absolute atomic E-state index is 0.0528. The minimum atomic E-state index is -0.935. The number of rotatable bonds is 4. The van der Waals surface area contributed by atoms with E-state index in [1.54, 1.807) is 25.1 Å². The van der Waals surface area contributed by atoms with E-state index in [2.05, 4.69) is 5.32 Å². The lowest BCUT2D eigenvalue weighted by Crippen LogP contribution is -2.21. The Morgan fingerprint density at radius 2 is 1.96 bits per heavy atom. The largest absolute Gasteiger partial charge is 0.450 e. The second-order valence-corrected chi connectivity index (χ2v) is 5.88. The van der Waals surface area contributed by atoms with Crippen LogP contribution in [0.5, 0.6) is 0 Å². The summed E-state index contributed by atoms with van der Waals surface area (Å²) >= 11 is 5.92. The predicted molar refractivity (Wildman–Crippen MR) is 91.2 cm³/mol. The fourth-order valence-electron chi connectivity index (χ4n) is 2.36. The van der Waals surface area contributed by atoms with Gasteiger partial charge in [0.2, 0.25) is 5.76 Å². The van der Waals surface area contributed by atoms with Gasteiger partial charge < -0.3 is 14.5 Å². The van der Waals surface area contributed by atoms with Crippen molar-refractivity contribution in [3.05, 3.63) is 64.4 Å². The summed E-state index contributed by atoms with van der Waals surface area (Å²) in [4.78, 5) is 23.9. The van der Waals surface area contributed by atoms with E-state index in [0.29, 0.717) is 27.6 Å². The lowest BCUT2D eigenvalue weighted by Gasteiger charge is -2.07. The Kier molecular flexibility index (Phi) is 4.90. The summed E-state index contributed by atoms with van der Waals surface area (Å²) < 4.78 is 36.7. The van der Waals surface area contributed by atoms with Crippen molar-refractivity contribution in [2.45, 2.75) is 6.92 Å². The van der Waals surface area contributed by atoms with Crippen LogP contribution in [-0.4, -0.2) is 18.5 Å². The minimum Gasteiger partial charge on any atom is -0.450 e. The van der Waals surface area contributed by atoms with E-state index in [4.69, 9.17) is 20.8 Å². The summed E-state index contributed by atoms with van der Waals surface area (Å²) in [5.41, 5.74) is 0.760. The van der Waals surface area contributed by atoms with Crippen LogP contribution in [0.1, 0.15) is 16.1 Å². The fourth-order valence-corrected chi connectivity index (χ4v) is 2.53. The molecule has 0 unspecified atom stereocenters. The van der Waals surface area contributed by atoms with Gasteiger partial charge in [-0.3, -0.25) is 4.79 Å². The van der Waals surface area contributed by atoms with Crippen molar-refractivity contribution in [3.63, 3.8) is 0 Å². The molecular formula is C18H12ClF2NO4. The molecule has 0 fully saturated rings. The van der Waals surface area contributed by atoms with Crippen molar-refractivity contribution >= 4 is 40.1 Å². The molecule has 3 rings (SSSR count). The molecule has 0 saturated heterocycles. The Morgan fingerprint density at radius 3 is 2.69 bits per heavy atom. The van der Waals surface area contributed by atoms with Gasteiger partial charge in [-0.2, -0.15) is 0 Å². The zero-order valence-corrected chi connectivity index (χ0v) is 14.2. The van der Waals surface area contributed by atoms with Gasteiger partial charge >= 0.3 is 5.97 Å². The normalized spacial score (nSPS) is 10.8. The third-order valence-electron chi connectivity index (χ3n) is 3.62. The number of benzene rings is 2. The molecule has 8 heteroatoms. The number of aryl methyl sites for hydroxylation is 1. The molecule has 1 heterocycles. The number of nitrogens with one attached hydrogen (secondary N) is 1. The van der Waals surface area contributed by atoms with Gasteiger partial charge in [0.05, 0.1) is 5.69 Å². The number of halogens is 3. The third kappa shape index (κ3) is 3.67. The second-order valence-electron chi connectivity index (χ2n) is 5.45. The molecule has 3 aromatic rings. The van der Waals surface area contributed by atoms with Gasteiger partial charge in [-0.1, -0.05) is 11.6 Å². The maximum absolute atomic E-state index is 13.5. The van der Waals surface area contributed by atoms with E-state index in [1.807, 2.05) is 0 Å². The Balaban J connectivity index is 1.67. The number of furan rings is 1. The number of ether oxygens (including phenoxy) is 1. The number of fused-ring (bicyclic) bond motifs is 1. The Bertz CT molecular complexity index is 1020. The van der Waals surface area contributed by atoms with Gasteiger partial charge in [0.15, 0.2) is 6.61 Å². The molecule has 5 nitrogen and oxygen atoms in total. The average molecular weight is 380 g/mol. The second kappa shape index (κ2) is 7.13.